The molecule has 2 aromatic rings. The molecule has 106 valence electrons. The second-order valence-electron chi connectivity index (χ2n) is 4.75. The summed E-state index contributed by atoms with van der Waals surface area (Å²) in [5.74, 6) is -1.01. The van der Waals surface area contributed by atoms with Crippen LogP contribution in [0.25, 0.3) is 0 Å². The summed E-state index contributed by atoms with van der Waals surface area (Å²) in [5, 5.41) is 12.2. The van der Waals surface area contributed by atoms with Gasteiger partial charge in [-0.25, -0.2) is 8.78 Å². The number of aryl methyl sites for hydroxylation is 1. The number of benzene rings is 2. The van der Waals surface area contributed by atoms with E-state index in [0.29, 0.717) is 12.0 Å². The second-order valence-corrected chi connectivity index (χ2v) is 4.75. The minimum absolute atomic E-state index is 0.107. The van der Waals surface area contributed by atoms with Gasteiger partial charge in [0.05, 0.1) is 6.04 Å². The van der Waals surface area contributed by atoms with Gasteiger partial charge in [0, 0.05) is 0 Å². The highest BCUT2D eigenvalue weighted by Gasteiger charge is 2.16. The molecular weight excluding hydrogens is 260 g/mol. The molecule has 0 amide bonds. The van der Waals surface area contributed by atoms with E-state index in [1.807, 2.05) is 6.92 Å². The van der Waals surface area contributed by atoms with E-state index in [0.717, 1.165) is 5.56 Å². The van der Waals surface area contributed by atoms with E-state index >= 15 is 0 Å². The molecule has 20 heavy (non-hydrogen) atoms. The van der Waals surface area contributed by atoms with Gasteiger partial charge in [-0.2, -0.15) is 0 Å². The van der Waals surface area contributed by atoms with E-state index in [4.69, 9.17) is 0 Å². The zero-order valence-corrected chi connectivity index (χ0v) is 11.5. The maximum Gasteiger partial charge on any atom is 0.152 e. The highest BCUT2D eigenvalue weighted by molar-refractivity contribution is 5.51. The summed E-state index contributed by atoms with van der Waals surface area (Å²) in [7, 11) is 0. The summed E-state index contributed by atoms with van der Waals surface area (Å²) in [6, 6.07) is 9.04. The Morgan fingerprint density at radius 3 is 2.35 bits per heavy atom. The lowest BCUT2D eigenvalue weighted by molar-refractivity contribution is 0.475. The first-order valence-electron chi connectivity index (χ1n) is 6.53. The third-order valence-electron chi connectivity index (χ3n) is 3.31. The van der Waals surface area contributed by atoms with Crippen molar-refractivity contribution in [1.29, 1.82) is 0 Å². The van der Waals surface area contributed by atoms with Gasteiger partial charge in [0.1, 0.15) is 17.3 Å². The van der Waals surface area contributed by atoms with Crippen molar-refractivity contribution >= 4 is 5.69 Å². The van der Waals surface area contributed by atoms with E-state index in [-0.39, 0.29) is 17.5 Å². The van der Waals surface area contributed by atoms with Gasteiger partial charge in [0.2, 0.25) is 0 Å². The maximum atomic E-state index is 14.0. The number of anilines is 1. The van der Waals surface area contributed by atoms with Crippen molar-refractivity contribution in [2.24, 2.45) is 0 Å². The molecule has 0 spiro atoms. The van der Waals surface area contributed by atoms with Gasteiger partial charge >= 0.3 is 0 Å². The molecule has 0 bridgehead atoms. The highest BCUT2D eigenvalue weighted by atomic mass is 19.1. The van der Waals surface area contributed by atoms with E-state index < -0.39 is 11.6 Å². The van der Waals surface area contributed by atoms with Gasteiger partial charge in [-0.3, -0.25) is 0 Å². The van der Waals surface area contributed by atoms with E-state index in [1.165, 1.54) is 12.1 Å². The van der Waals surface area contributed by atoms with E-state index in [9.17, 15) is 13.9 Å². The van der Waals surface area contributed by atoms with Crippen molar-refractivity contribution in [2.75, 3.05) is 5.32 Å². The van der Waals surface area contributed by atoms with Crippen LogP contribution in [0, 0.1) is 18.6 Å². The van der Waals surface area contributed by atoms with Crippen LogP contribution in [-0.2, 0) is 0 Å². The fourth-order valence-corrected chi connectivity index (χ4v) is 2.09. The first-order chi connectivity index (χ1) is 9.52. The average Bonchev–Trinajstić information content (AvgIpc) is 2.45. The Hall–Kier alpha value is -2.10. The fraction of sp³-hybridized carbons (Fsp3) is 0.250. The summed E-state index contributed by atoms with van der Waals surface area (Å²) in [5.41, 5.74) is 1.16. The summed E-state index contributed by atoms with van der Waals surface area (Å²) >= 11 is 0. The molecule has 0 saturated heterocycles. The van der Waals surface area contributed by atoms with Gasteiger partial charge in [0.25, 0.3) is 0 Å². The Bertz CT molecular complexity index is 596. The number of nitrogens with one attached hydrogen (secondary N) is 1. The SMILES string of the molecule is CCC(Nc1c(F)ccc(C)c1F)c1ccc(O)cc1. The molecule has 2 rings (SSSR count). The average molecular weight is 277 g/mol. The Morgan fingerprint density at radius 1 is 1.10 bits per heavy atom. The van der Waals surface area contributed by atoms with Crippen LogP contribution in [0.4, 0.5) is 14.5 Å². The van der Waals surface area contributed by atoms with Crippen molar-refractivity contribution in [3.63, 3.8) is 0 Å². The summed E-state index contributed by atoms with van der Waals surface area (Å²) < 4.78 is 27.8. The monoisotopic (exact) mass is 277 g/mol. The van der Waals surface area contributed by atoms with Gasteiger partial charge in [-0.15, -0.1) is 0 Å². The normalized spacial score (nSPS) is 12.2. The van der Waals surface area contributed by atoms with E-state index in [1.54, 1.807) is 31.2 Å². The highest BCUT2D eigenvalue weighted by Crippen LogP contribution is 2.28. The zero-order chi connectivity index (χ0) is 14.7. The second kappa shape index (κ2) is 5.90. The van der Waals surface area contributed by atoms with Crippen molar-refractivity contribution in [1.82, 2.24) is 0 Å². The maximum absolute atomic E-state index is 14.0. The lowest BCUT2D eigenvalue weighted by Crippen LogP contribution is -2.12. The summed E-state index contributed by atoms with van der Waals surface area (Å²) in [6.45, 7) is 3.53. The van der Waals surface area contributed by atoms with Crippen LogP contribution in [0.1, 0.15) is 30.5 Å². The molecule has 0 aliphatic rings. The topological polar surface area (TPSA) is 32.3 Å². The molecule has 0 aromatic heterocycles. The molecule has 2 N–H and O–H groups in total. The van der Waals surface area contributed by atoms with Crippen LogP contribution in [-0.4, -0.2) is 5.11 Å². The van der Waals surface area contributed by atoms with Crippen LogP contribution >= 0.6 is 0 Å². The summed E-state index contributed by atoms with van der Waals surface area (Å²) in [6.07, 6.45) is 0.664. The van der Waals surface area contributed by atoms with Crippen molar-refractivity contribution in [2.45, 2.75) is 26.3 Å². The molecule has 2 aromatic carbocycles. The minimum atomic E-state index is -0.606. The van der Waals surface area contributed by atoms with Crippen LogP contribution in [0.3, 0.4) is 0 Å². The smallest absolute Gasteiger partial charge is 0.152 e. The fourth-order valence-electron chi connectivity index (χ4n) is 2.09. The Kier molecular flexibility index (Phi) is 4.23. The number of phenols is 1. The van der Waals surface area contributed by atoms with E-state index in [2.05, 4.69) is 5.32 Å². The number of phenolic OH excluding ortho intramolecular Hbond substituents is 1. The van der Waals surface area contributed by atoms with Gasteiger partial charge in [-0.05, 0) is 42.7 Å². The minimum Gasteiger partial charge on any atom is -0.508 e. The molecule has 1 atom stereocenters. The molecule has 0 radical (unpaired) electrons. The lowest BCUT2D eigenvalue weighted by atomic mass is 10.0. The standard InChI is InChI=1S/C16H17F2NO/c1-3-14(11-5-7-12(20)8-6-11)19-16-13(17)9-4-10(2)15(16)18/h4-9,14,19-20H,3H2,1-2H3. The van der Waals surface area contributed by atoms with Gasteiger partial charge in [-0.1, -0.05) is 25.1 Å². The number of halogens is 2. The molecule has 2 nitrogen and oxygen atoms in total. The molecule has 0 saturated carbocycles. The molecular formula is C16H17F2NO. The lowest BCUT2D eigenvalue weighted by Gasteiger charge is -2.20. The molecule has 4 heteroatoms. The first-order valence-corrected chi connectivity index (χ1v) is 6.53. The molecule has 0 aliphatic heterocycles. The van der Waals surface area contributed by atoms with Crippen LogP contribution in [0.15, 0.2) is 36.4 Å². The number of rotatable bonds is 4. The van der Waals surface area contributed by atoms with Crippen LogP contribution < -0.4 is 5.32 Å². The Labute approximate surface area is 117 Å². The molecule has 0 aliphatic carbocycles. The van der Waals surface area contributed by atoms with Gasteiger partial charge in [0.15, 0.2) is 5.82 Å². The molecule has 0 heterocycles. The predicted molar refractivity (Wildman–Crippen MR) is 75.9 cm³/mol. The third-order valence-corrected chi connectivity index (χ3v) is 3.31. The van der Waals surface area contributed by atoms with Crippen molar-refractivity contribution in [3.05, 3.63) is 59.2 Å². The largest absolute Gasteiger partial charge is 0.508 e. The number of hydrogen-bond donors (Lipinski definition) is 2. The molecule has 0 fully saturated rings. The van der Waals surface area contributed by atoms with Gasteiger partial charge < -0.3 is 10.4 Å². The van der Waals surface area contributed by atoms with Crippen molar-refractivity contribution in [3.8, 4) is 5.75 Å². The number of aromatic hydroxyl groups is 1. The Morgan fingerprint density at radius 2 is 1.75 bits per heavy atom. The van der Waals surface area contributed by atoms with Crippen LogP contribution in [0.5, 0.6) is 5.75 Å². The first kappa shape index (κ1) is 14.3. The quantitative estimate of drug-likeness (QED) is 0.859. The van der Waals surface area contributed by atoms with Crippen LogP contribution in [0.2, 0.25) is 0 Å². The zero-order valence-electron chi connectivity index (χ0n) is 11.5. The Balaban J connectivity index is 2.31. The molecule has 1 unspecified atom stereocenters. The summed E-state index contributed by atoms with van der Waals surface area (Å²) in [4.78, 5) is 0. The number of hydrogen-bond acceptors (Lipinski definition) is 2. The third kappa shape index (κ3) is 2.90. The van der Waals surface area contributed by atoms with Crippen molar-refractivity contribution < 1.29 is 13.9 Å². The predicted octanol–water partition coefficient (Wildman–Crippen LogP) is 4.54.